The summed E-state index contributed by atoms with van der Waals surface area (Å²) in [5.74, 6) is -0.364. The molecule has 0 N–H and O–H groups in total. The molecule has 0 aliphatic carbocycles. The Morgan fingerprint density at radius 1 is 1.17 bits per heavy atom. The minimum atomic E-state index is -0.182. The molecule has 1 aliphatic rings. The number of carbonyl (C=O) groups is 2. The minimum absolute atomic E-state index is 0.125. The molecule has 1 heterocycles. The Morgan fingerprint density at radius 3 is 2.22 bits per heavy atom. The van der Waals surface area contributed by atoms with Gasteiger partial charge in [-0.3, -0.25) is 14.5 Å². The van der Waals surface area contributed by atoms with Gasteiger partial charge in [-0.25, -0.2) is 0 Å². The van der Waals surface area contributed by atoms with Gasteiger partial charge in [0.2, 0.25) is 0 Å². The summed E-state index contributed by atoms with van der Waals surface area (Å²) in [5, 5.41) is 0.125. The zero-order chi connectivity index (χ0) is 13.1. The molecule has 1 aromatic rings. The summed E-state index contributed by atoms with van der Waals surface area (Å²) in [7, 11) is 0. The minimum Gasteiger partial charge on any atom is -0.274 e. The number of imide groups is 1. The van der Waals surface area contributed by atoms with E-state index < -0.39 is 0 Å². The van der Waals surface area contributed by atoms with Crippen molar-refractivity contribution >= 4 is 23.4 Å². The lowest BCUT2D eigenvalue weighted by Crippen LogP contribution is -2.31. The fourth-order valence-corrected chi connectivity index (χ4v) is 2.27. The lowest BCUT2D eigenvalue weighted by Gasteiger charge is -2.14. The van der Waals surface area contributed by atoms with Crippen molar-refractivity contribution in [3.05, 3.63) is 35.4 Å². The molecule has 3 nitrogen and oxygen atoms in total. The molecule has 1 unspecified atom stereocenters. The van der Waals surface area contributed by atoms with Gasteiger partial charge in [0, 0.05) is 11.9 Å². The molecule has 0 saturated heterocycles. The van der Waals surface area contributed by atoms with Gasteiger partial charge in [-0.2, -0.15) is 0 Å². The highest BCUT2D eigenvalue weighted by molar-refractivity contribution is 6.21. The lowest BCUT2D eigenvalue weighted by atomic mass is 10.1. The Morgan fingerprint density at radius 2 is 1.72 bits per heavy atom. The topological polar surface area (TPSA) is 37.4 Å². The van der Waals surface area contributed by atoms with Crippen molar-refractivity contribution in [2.75, 3.05) is 6.54 Å². The van der Waals surface area contributed by atoms with E-state index in [9.17, 15) is 9.59 Å². The highest BCUT2D eigenvalue weighted by atomic mass is 35.5. The second-order valence-corrected chi connectivity index (χ2v) is 5.07. The Kier molecular flexibility index (Phi) is 4.02. The van der Waals surface area contributed by atoms with Gasteiger partial charge in [0.05, 0.1) is 11.1 Å². The summed E-state index contributed by atoms with van der Waals surface area (Å²) in [6.45, 7) is 2.48. The van der Waals surface area contributed by atoms with Crippen LogP contribution in [0.3, 0.4) is 0 Å². The summed E-state index contributed by atoms with van der Waals surface area (Å²) in [6.07, 6.45) is 2.49. The molecule has 0 bridgehead atoms. The van der Waals surface area contributed by atoms with Crippen LogP contribution < -0.4 is 0 Å². The van der Waals surface area contributed by atoms with Crippen LogP contribution in [0.1, 0.15) is 46.9 Å². The number of fused-ring (bicyclic) bond motifs is 1. The van der Waals surface area contributed by atoms with Gasteiger partial charge in [0.25, 0.3) is 11.8 Å². The molecule has 0 saturated carbocycles. The van der Waals surface area contributed by atoms with Crippen LogP contribution in [0.4, 0.5) is 0 Å². The summed E-state index contributed by atoms with van der Waals surface area (Å²) in [4.78, 5) is 25.4. The monoisotopic (exact) mass is 265 g/mol. The predicted molar refractivity (Wildman–Crippen MR) is 71.0 cm³/mol. The Balaban J connectivity index is 2.01. The van der Waals surface area contributed by atoms with E-state index in [0.29, 0.717) is 17.7 Å². The summed E-state index contributed by atoms with van der Waals surface area (Å²) in [6, 6.07) is 6.96. The van der Waals surface area contributed by atoms with Gasteiger partial charge >= 0.3 is 0 Å². The van der Waals surface area contributed by atoms with Crippen LogP contribution in [-0.4, -0.2) is 28.6 Å². The van der Waals surface area contributed by atoms with Gasteiger partial charge in [-0.15, -0.1) is 11.6 Å². The second kappa shape index (κ2) is 5.53. The smallest absolute Gasteiger partial charge is 0.261 e. The highest BCUT2D eigenvalue weighted by Crippen LogP contribution is 2.23. The number of halogens is 1. The van der Waals surface area contributed by atoms with E-state index in [2.05, 4.69) is 0 Å². The fraction of sp³-hybridized carbons (Fsp3) is 0.429. The molecule has 1 atom stereocenters. The highest BCUT2D eigenvalue weighted by Gasteiger charge is 2.34. The molecule has 0 radical (unpaired) electrons. The molecule has 1 aliphatic heterocycles. The van der Waals surface area contributed by atoms with Crippen LogP contribution in [0.5, 0.6) is 0 Å². The molecule has 2 amide bonds. The maximum Gasteiger partial charge on any atom is 0.261 e. The Bertz CT molecular complexity index is 438. The van der Waals surface area contributed by atoms with Crippen molar-refractivity contribution in [1.29, 1.82) is 0 Å². The Hall–Kier alpha value is -1.35. The average Bonchev–Trinajstić information content (AvgIpc) is 2.64. The van der Waals surface area contributed by atoms with Crippen LogP contribution in [0.15, 0.2) is 24.3 Å². The van der Waals surface area contributed by atoms with Gasteiger partial charge in [0.15, 0.2) is 0 Å². The third-order valence-corrected chi connectivity index (χ3v) is 3.75. The SMILES string of the molecule is CCC(Cl)CCCN1C(=O)c2ccccc2C1=O. The van der Waals surface area contributed by atoms with Crippen LogP contribution >= 0.6 is 11.6 Å². The van der Waals surface area contributed by atoms with Crippen LogP contribution in [0.25, 0.3) is 0 Å². The van der Waals surface area contributed by atoms with Crippen LogP contribution in [0, 0.1) is 0 Å². The number of carbonyl (C=O) groups excluding carboxylic acids is 2. The number of rotatable bonds is 5. The van der Waals surface area contributed by atoms with Gasteiger partial charge in [0.1, 0.15) is 0 Å². The van der Waals surface area contributed by atoms with E-state index in [1.807, 2.05) is 6.92 Å². The molecule has 0 fully saturated rings. The van der Waals surface area contributed by atoms with E-state index in [1.165, 1.54) is 4.90 Å². The summed E-state index contributed by atoms with van der Waals surface area (Å²) >= 11 is 6.02. The second-order valence-electron chi connectivity index (χ2n) is 4.46. The first-order valence-corrected chi connectivity index (χ1v) is 6.68. The van der Waals surface area contributed by atoms with Crippen molar-refractivity contribution in [2.24, 2.45) is 0 Å². The van der Waals surface area contributed by atoms with Crippen molar-refractivity contribution in [3.8, 4) is 0 Å². The first-order valence-electron chi connectivity index (χ1n) is 6.24. The maximum atomic E-state index is 12.0. The first kappa shape index (κ1) is 13.1. The quantitative estimate of drug-likeness (QED) is 0.606. The maximum absolute atomic E-state index is 12.0. The van der Waals surface area contributed by atoms with Crippen molar-refractivity contribution < 1.29 is 9.59 Å². The molecule has 0 aromatic heterocycles. The number of benzene rings is 1. The van der Waals surface area contributed by atoms with E-state index in [0.717, 1.165) is 19.3 Å². The van der Waals surface area contributed by atoms with E-state index in [4.69, 9.17) is 11.6 Å². The molecule has 4 heteroatoms. The van der Waals surface area contributed by atoms with Gasteiger partial charge in [-0.05, 0) is 31.4 Å². The molecule has 2 rings (SSSR count). The molecule has 1 aromatic carbocycles. The van der Waals surface area contributed by atoms with Crippen molar-refractivity contribution in [3.63, 3.8) is 0 Å². The number of alkyl halides is 1. The third kappa shape index (κ3) is 2.41. The first-order chi connectivity index (χ1) is 8.65. The predicted octanol–water partition coefficient (Wildman–Crippen LogP) is 3.08. The number of nitrogens with zero attached hydrogens (tertiary/aromatic N) is 1. The largest absolute Gasteiger partial charge is 0.274 e. The number of hydrogen-bond donors (Lipinski definition) is 0. The van der Waals surface area contributed by atoms with E-state index in [-0.39, 0.29) is 17.2 Å². The zero-order valence-electron chi connectivity index (χ0n) is 10.4. The average molecular weight is 266 g/mol. The molecular weight excluding hydrogens is 250 g/mol. The van der Waals surface area contributed by atoms with E-state index >= 15 is 0 Å². The van der Waals surface area contributed by atoms with Crippen molar-refractivity contribution in [1.82, 2.24) is 4.90 Å². The number of amides is 2. The molecule has 0 spiro atoms. The lowest BCUT2D eigenvalue weighted by molar-refractivity contribution is 0.0651. The summed E-state index contributed by atoms with van der Waals surface area (Å²) in [5.41, 5.74) is 1.03. The van der Waals surface area contributed by atoms with E-state index in [1.54, 1.807) is 24.3 Å². The fourth-order valence-electron chi connectivity index (χ4n) is 2.12. The normalized spacial score (nSPS) is 16.0. The van der Waals surface area contributed by atoms with Crippen molar-refractivity contribution in [2.45, 2.75) is 31.6 Å². The Labute approximate surface area is 112 Å². The standard InChI is InChI=1S/C14H16ClNO2/c1-2-10(15)6-5-9-16-13(17)11-7-3-4-8-12(11)14(16)18/h3-4,7-8,10H,2,5-6,9H2,1H3. The number of hydrogen-bond acceptors (Lipinski definition) is 2. The molecule has 18 heavy (non-hydrogen) atoms. The molecular formula is C14H16ClNO2. The zero-order valence-corrected chi connectivity index (χ0v) is 11.1. The molecule has 96 valence electrons. The summed E-state index contributed by atoms with van der Waals surface area (Å²) < 4.78 is 0. The van der Waals surface area contributed by atoms with Crippen LogP contribution in [-0.2, 0) is 0 Å². The van der Waals surface area contributed by atoms with Gasteiger partial charge < -0.3 is 0 Å². The van der Waals surface area contributed by atoms with Crippen LogP contribution in [0.2, 0.25) is 0 Å². The van der Waals surface area contributed by atoms with Gasteiger partial charge in [-0.1, -0.05) is 19.1 Å². The third-order valence-electron chi connectivity index (χ3n) is 3.22.